The minimum Gasteiger partial charge on any atom is -0.445 e. The molecule has 2 rings (SSSR count). The summed E-state index contributed by atoms with van der Waals surface area (Å²) in [5.74, 6) is 0. The second-order valence-electron chi connectivity index (χ2n) is 4.38. The molecule has 2 unspecified atom stereocenters. The first-order valence-electron chi connectivity index (χ1n) is 5.99. The summed E-state index contributed by atoms with van der Waals surface area (Å²) in [6, 6.07) is 9.74. The standard InChI is InChI=1S/C13H18N2O2/c14-11-7-4-8-12(11)17-13(16)15-9-10-5-2-1-3-6-10/h1-3,5-6,11-12H,4,7-9,14H2,(H,15,16). The summed E-state index contributed by atoms with van der Waals surface area (Å²) in [6.07, 6.45) is 2.36. The van der Waals surface area contributed by atoms with E-state index in [1.54, 1.807) is 0 Å². The second-order valence-corrected chi connectivity index (χ2v) is 4.38. The maximum atomic E-state index is 11.5. The Bertz CT molecular complexity index is 367. The molecular formula is C13H18N2O2. The Morgan fingerprint density at radius 2 is 2.12 bits per heavy atom. The third-order valence-corrected chi connectivity index (χ3v) is 3.04. The number of amides is 1. The van der Waals surface area contributed by atoms with E-state index >= 15 is 0 Å². The van der Waals surface area contributed by atoms with Crippen LogP contribution in [0.1, 0.15) is 24.8 Å². The molecule has 0 saturated heterocycles. The zero-order chi connectivity index (χ0) is 12.1. The van der Waals surface area contributed by atoms with Crippen molar-refractivity contribution in [1.29, 1.82) is 0 Å². The number of alkyl carbamates (subject to hydrolysis) is 1. The quantitative estimate of drug-likeness (QED) is 0.838. The van der Waals surface area contributed by atoms with E-state index in [1.165, 1.54) is 0 Å². The highest BCUT2D eigenvalue weighted by Crippen LogP contribution is 2.20. The Balaban J connectivity index is 1.74. The molecule has 4 heteroatoms. The SMILES string of the molecule is NC1CCCC1OC(=O)NCc1ccccc1. The fourth-order valence-electron chi connectivity index (χ4n) is 2.05. The number of hydrogen-bond acceptors (Lipinski definition) is 3. The van der Waals surface area contributed by atoms with Gasteiger partial charge in [-0.15, -0.1) is 0 Å². The topological polar surface area (TPSA) is 64.3 Å². The molecule has 1 aromatic carbocycles. The highest BCUT2D eigenvalue weighted by Gasteiger charge is 2.27. The highest BCUT2D eigenvalue weighted by atomic mass is 16.6. The van der Waals surface area contributed by atoms with Gasteiger partial charge in [-0.25, -0.2) is 4.79 Å². The third kappa shape index (κ3) is 3.46. The van der Waals surface area contributed by atoms with Crippen molar-refractivity contribution < 1.29 is 9.53 Å². The largest absolute Gasteiger partial charge is 0.445 e. The average molecular weight is 234 g/mol. The Labute approximate surface area is 101 Å². The predicted octanol–water partition coefficient (Wildman–Crippen LogP) is 1.79. The lowest BCUT2D eigenvalue weighted by Crippen LogP contribution is -2.36. The summed E-state index contributed by atoms with van der Waals surface area (Å²) in [5.41, 5.74) is 6.89. The number of benzene rings is 1. The van der Waals surface area contributed by atoms with Gasteiger partial charge in [0.05, 0.1) is 0 Å². The van der Waals surface area contributed by atoms with Crippen LogP contribution in [0.5, 0.6) is 0 Å². The van der Waals surface area contributed by atoms with Crippen molar-refractivity contribution in [3.63, 3.8) is 0 Å². The summed E-state index contributed by atoms with van der Waals surface area (Å²) in [4.78, 5) is 11.5. The van der Waals surface area contributed by atoms with Crippen molar-refractivity contribution in [2.24, 2.45) is 5.73 Å². The van der Waals surface area contributed by atoms with Crippen molar-refractivity contribution in [3.05, 3.63) is 35.9 Å². The molecule has 0 radical (unpaired) electrons. The zero-order valence-electron chi connectivity index (χ0n) is 9.76. The molecule has 1 aromatic rings. The minimum absolute atomic E-state index is 0.00234. The van der Waals surface area contributed by atoms with Crippen molar-refractivity contribution in [2.45, 2.75) is 38.0 Å². The van der Waals surface area contributed by atoms with Crippen LogP contribution in [0.25, 0.3) is 0 Å². The fourth-order valence-corrected chi connectivity index (χ4v) is 2.05. The van der Waals surface area contributed by atoms with Crippen LogP contribution in [0, 0.1) is 0 Å². The number of rotatable bonds is 3. The molecule has 92 valence electrons. The number of nitrogens with one attached hydrogen (secondary N) is 1. The summed E-state index contributed by atoms with van der Waals surface area (Å²) in [6.45, 7) is 0.488. The van der Waals surface area contributed by atoms with Crippen LogP contribution in [0.4, 0.5) is 4.79 Å². The molecule has 4 nitrogen and oxygen atoms in total. The highest BCUT2D eigenvalue weighted by molar-refractivity contribution is 5.67. The smallest absolute Gasteiger partial charge is 0.407 e. The molecule has 1 aliphatic rings. The Hall–Kier alpha value is -1.55. The van der Waals surface area contributed by atoms with Crippen LogP contribution in [-0.4, -0.2) is 18.2 Å². The first-order valence-corrected chi connectivity index (χ1v) is 5.99. The normalized spacial score (nSPS) is 23.4. The van der Waals surface area contributed by atoms with E-state index < -0.39 is 0 Å². The average Bonchev–Trinajstić information content (AvgIpc) is 2.74. The summed E-state index contributed by atoms with van der Waals surface area (Å²) < 4.78 is 5.27. The lowest BCUT2D eigenvalue weighted by molar-refractivity contribution is 0.0922. The molecule has 0 aliphatic heterocycles. The van der Waals surface area contributed by atoms with E-state index in [4.69, 9.17) is 10.5 Å². The van der Waals surface area contributed by atoms with Crippen LogP contribution < -0.4 is 11.1 Å². The second kappa shape index (κ2) is 5.68. The first kappa shape index (κ1) is 11.9. The Kier molecular flexibility index (Phi) is 3.98. The number of carbonyl (C=O) groups excluding carboxylic acids is 1. The van der Waals surface area contributed by atoms with E-state index in [-0.39, 0.29) is 18.2 Å². The molecule has 0 bridgehead atoms. The number of hydrogen-bond donors (Lipinski definition) is 2. The summed E-state index contributed by atoms with van der Waals surface area (Å²) >= 11 is 0. The number of ether oxygens (including phenoxy) is 1. The molecule has 2 atom stereocenters. The minimum atomic E-state index is -0.379. The monoisotopic (exact) mass is 234 g/mol. The van der Waals surface area contributed by atoms with Gasteiger partial charge in [0.2, 0.25) is 0 Å². The fraction of sp³-hybridized carbons (Fsp3) is 0.462. The molecule has 0 heterocycles. The zero-order valence-corrected chi connectivity index (χ0v) is 9.76. The molecule has 17 heavy (non-hydrogen) atoms. The van der Waals surface area contributed by atoms with E-state index in [0.29, 0.717) is 6.54 Å². The summed E-state index contributed by atoms with van der Waals surface area (Å²) in [7, 11) is 0. The van der Waals surface area contributed by atoms with Crippen LogP contribution in [0.3, 0.4) is 0 Å². The lowest BCUT2D eigenvalue weighted by Gasteiger charge is -2.16. The van der Waals surface area contributed by atoms with Gasteiger partial charge in [-0.1, -0.05) is 30.3 Å². The van der Waals surface area contributed by atoms with E-state index in [9.17, 15) is 4.79 Å². The van der Waals surface area contributed by atoms with Gasteiger partial charge in [-0.2, -0.15) is 0 Å². The molecule has 0 aromatic heterocycles. The molecule has 3 N–H and O–H groups in total. The van der Waals surface area contributed by atoms with Gasteiger partial charge in [0.15, 0.2) is 0 Å². The summed E-state index contributed by atoms with van der Waals surface area (Å²) in [5, 5.41) is 2.73. The van der Waals surface area contributed by atoms with Gasteiger partial charge in [-0.05, 0) is 24.8 Å². The van der Waals surface area contributed by atoms with Crippen molar-refractivity contribution in [3.8, 4) is 0 Å². The number of carbonyl (C=O) groups is 1. The van der Waals surface area contributed by atoms with Crippen LogP contribution in [0.15, 0.2) is 30.3 Å². The van der Waals surface area contributed by atoms with E-state index in [0.717, 1.165) is 24.8 Å². The molecule has 1 saturated carbocycles. The van der Waals surface area contributed by atoms with Gasteiger partial charge < -0.3 is 15.8 Å². The van der Waals surface area contributed by atoms with Gasteiger partial charge in [-0.3, -0.25) is 0 Å². The molecular weight excluding hydrogens is 216 g/mol. The van der Waals surface area contributed by atoms with Crippen LogP contribution >= 0.6 is 0 Å². The van der Waals surface area contributed by atoms with Gasteiger partial charge in [0.25, 0.3) is 0 Å². The number of nitrogens with two attached hydrogens (primary N) is 1. The maximum absolute atomic E-state index is 11.5. The molecule has 1 aliphatic carbocycles. The maximum Gasteiger partial charge on any atom is 0.407 e. The Morgan fingerprint density at radius 3 is 2.76 bits per heavy atom. The van der Waals surface area contributed by atoms with Crippen LogP contribution in [-0.2, 0) is 11.3 Å². The predicted molar refractivity (Wildman–Crippen MR) is 65.4 cm³/mol. The van der Waals surface area contributed by atoms with Crippen LogP contribution in [0.2, 0.25) is 0 Å². The van der Waals surface area contributed by atoms with Gasteiger partial charge >= 0.3 is 6.09 Å². The molecule has 0 spiro atoms. The van der Waals surface area contributed by atoms with Gasteiger partial charge in [0, 0.05) is 12.6 Å². The van der Waals surface area contributed by atoms with Crippen molar-refractivity contribution in [2.75, 3.05) is 0 Å². The first-order chi connectivity index (χ1) is 8.25. The van der Waals surface area contributed by atoms with E-state index in [2.05, 4.69) is 5.32 Å². The molecule has 1 fully saturated rings. The van der Waals surface area contributed by atoms with Crippen molar-refractivity contribution >= 4 is 6.09 Å². The van der Waals surface area contributed by atoms with Gasteiger partial charge in [0.1, 0.15) is 6.10 Å². The van der Waals surface area contributed by atoms with E-state index in [1.807, 2.05) is 30.3 Å². The third-order valence-electron chi connectivity index (χ3n) is 3.04. The molecule has 1 amide bonds. The Morgan fingerprint density at radius 1 is 1.35 bits per heavy atom. The lowest BCUT2D eigenvalue weighted by atomic mass is 10.2. The van der Waals surface area contributed by atoms with Crippen molar-refractivity contribution in [1.82, 2.24) is 5.32 Å².